The first-order chi connectivity index (χ1) is 18.6. The Balaban J connectivity index is 1.97. The third kappa shape index (κ3) is 5.49. The van der Waals surface area contributed by atoms with Gasteiger partial charge in [-0.05, 0) is 49.9 Å². The molecule has 3 unspecified atom stereocenters. The third-order valence-corrected chi connectivity index (χ3v) is 7.81. The van der Waals surface area contributed by atoms with Crippen molar-refractivity contribution in [2.45, 2.75) is 82.8 Å². The standard InChI is InChI=1S/C29H37FN4O5S/c1-26(2,3)20-10-9-19(15-21(20)38-7)24(36)34-22(23-31-12-14-40-23)28(30,18-35)16-29(34,17-33-13-8-11-32-33)25(37)39-27(4,5)6/h8-15,22,35H,16-18H2,1-7H3. The highest BCUT2D eigenvalue weighted by Gasteiger charge is 2.68. The van der Waals surface area contributed by atoms with Gasteiger partial charge in [-0.1, -0.05) is 26.8 Å². The summed E-state index contributed by atoms with van der Waals surface area (Å²) in [6, 6.07) is 5.37. The summed E-state index contributed by atoms with van der Waals surface area (Å²) in [6.07, 6.45) is 4.15. The van der Waals surface area contributed by atoms with Gasteiger partial charge >= 0.3 is 5.97 Å². The molecule has 0 spiro atoms. The molecule has 40 heavy (non-hydrogen) atoms. The van der Waals surface area contributed by atoms with Gasteiger partial charge in [0.05, 0.1) is 20.3 Å². The minimum Gasteiger partial charge on any atom is -0.496 e. The van der Waals surface area contributed by atoms with Gasteiger partial charge in [0.25, 0.3) is 5.91 Å². The molecule has 0 aliphatic carbocycles. The number of amides is 1. The molecule has 1 amide bonds. The molecule has 11 heteroatoms. The number of hydrogen-bond acceptors (Lipinski definition) is 8. The van der Waals surface area contributed by atoms with Crippen molar-refractivity contribution in [3.05, 3.63) is 64.4 Å². The van der Waals surface area contributed by atoms with Gasteiger partial charge in [-0.25, -0.2) is 14.2 Å². The zero-order chi connectivity index (χ0) is 29.5. The average Bonchev–Trinajstić information content (AvgIpc) is 3.62. The van der Waals surface area contributed by atoms with Gasteiger partial charge in [0.1, 0.15) is 22.4 Å². The number of methoxy groups -OCH3 is 1. The predicted molar refractivity (Wildman–Crippen MR) is 149 cm³/mol. The molecule has 2 aromatic heterocycles. The SMILES string of the molecule is COc1cc(C(=O)N2C(c3nccs3)C(F)(CO)CC2(Cn2cccn2)C(=O)OC(C)(C)C)ccc1C(C)(C)C. The number of hydrogen-bond donors (Lipinski definition) is 1. The molecule has 1 aromatic carbocycles. The lowest BCUT2D eigenvalue weighted by atomic mass is 9.85. The molecule has 1 saturated heterocycles. The smallest absolute Gasteiger partial charge is 0.334 e. The van der Waals surface area contributed by atoms with Gasteiger partial charge in [-0.3, -0.25) is 9.48 Å². The molecule has 3 aromatic rings. The van der Waals surface area contributed by atoms with E-state index in [2.05, 4.69) is 10.1 Å². The maximum Gasteiger partial charge on any atom is 0.334 e. The number of ether oxygens (including phenoxy) is 2. The molecule has 3 heterocycles. The fraction of sp³-hybridized carbons (Fsp3) is 0.517. The Kier molecular flexibility index (Phi) is 7.85. The number of rotatable bonds is 7. The van der Waals surface area contributed by atoms with Crippen molar-refractivity contribution >= 4 is 23.2 Å². The Morgan fingerprint density at radius 3 is 2.45 bits per heavy atom. The number of aromatic nitrogens is 3. The molecule has 216 valence electrons. The molecule has 0 radical (unpaired) electrons. The highest BCUT2D eigenvalue weighted by molar-refractivity contribution is 7.09. The second kappa shape index (κ2) is 10.6. The third-order valence-electron chi connectivity index (χ3n) is 6.98. The molecule has 3 atom stereocenters. The lowest BCUT2D eigenvalue weighted by molar-refractivity contribution is -0.168. The number of aliphatic hydroxyl groups excluding tert-OH is 1. The van der Waals surface area contributed by atoms with Crippen molar-refractivity contribution in [1.82, 2.24) is 19.7 Å². The van der Waals surface area contributed by atoms with E-state index in [1.807, 2.05) is 20.8 Å². The number of likely N-dealkylation sites (tertiary alicyclic amines) is 1. The van der Waals surface area contributed by atoms with Crippen molar-refractivity contribution in [1.29, 1.82) is 0 Å². The number of carbonyl (C=O) groups excluding carboxylic acids is 2. The maximum atomic E-state index is 16.9. The van der Waals surface area contributed by atoms with Crippen molar-refractivity contribution in [3.63, 3.8) is 0 Å². The van der Waals surface area contributed by atoms with Crippen LogP contribution in [0, 0.1) is 0 Å². The summed E-state index contributed by atoms with van der Waals surface area (Å²) in [4.78, 5) is 34.2. The second-order valence-corrected chi connectivity index (χ2v) is 13.1. The molecule has 4 rings (SSSR count). The van der Waals surface area contributed by atoms with Crippen LogP contribution in [0.5, 0.6) is 5.75 Å². The fourth-order valence-corrected chi connectivity index (χ4v) is 6.12. The second-order valence-electron chi connectivity index (χ2n) is 12.2. The zero-order valence-corrected chi connectivity index (χ0v) is 24.8. The first kappa shape index (κ1) is 29.7. The van der Waals surface area contributed by atoms with Crippen molar-refractivity contribution in [2.75, 3.05) is 13.7 Å². The molecule has 0 bridgehead atoms. The lowest BCUT2D eigenvalue weighted by Crippen LogP contribution is -2.58. The summed E-state index contributed by atoms with van der Waals surface area (Å²) in [5.74, 6) is -0.923. The van der Waals surface area contributed by atoms with E-state index in [1.54, 1.807) is 56.6 Å². The summed E-state index contributed by atoms with van der Waals surface area (Å²) in [5.41, 5.74) is -4.38. The zero-order valence-electron chi connectivity index (χ0n) is 24.0. The van der Waals surface area contributed by atoms with Gasteiger partial charge in [0.2, 0.25) is 0 Å². The van der Waals surface area contributed by atoms with Crippen molar-refractivity contribution in [2.24, 2.45) is 0 Å². The molecule has 1 aliphatic heterocycles. The van der Waals surface area contributed by atoms with Crippen LogP contribution >= 0.6 is 11.3 Å². The van der Waals surface area contributed by atoms with E-state index >= 15 is 4.39 Å². The van der Waals surface area contributed by atoms with E-state index in [0.717, 1.165) is 16.9 Å². The molecule has 1 aliphatic rings. The quantitative estimate of drug-likeness (QED) is 0.409. The van der Waals surface area contributed by atoms with E-state index in [-0.39, 0.29) is 22.5 Å². The van der Waals surface area contributed by atoms with Crippen molar-refractivity contribution < 1.29 is 28.6 Å². The van der Waals surface area contributed by atoms with Gasteiger partial charge in [-0.15, -0.1) is 11.3 Å². The van der Waals surface area contributed by atoms with Gasteiger partial charge < -0.3 is 19.5 Å². The number of benzene rings is 1. The molecule has 1 fully saturated rings. The van der Waals surface area contributed by atoms with Crippen LogP contribution in [0.4, 0.5) is 4.39 Å². The number of alkyl halides is 1. The molecular weight excluding hydrogens is 535 g/mol. The summed E-state index contributed by atoms with van der Waals surface area (Å²) >= 11 is 1.15. The van der Waals surface area contributed by atoms with Crippen LogP contribution in [-0.4, -0.2) is 67.2 Å². The number of aliphatic hydroxyl groups is 1. The number of nitrogens with zero attached hydrogens (tertiary/aromatic N) is 4. The first-order valence-corrected chi connectivity index (χ1v) is 14.0. The van der Waals surface area contributed by atoms with Gasteiger partial charge in [0, 0.05) is 36.0 Å². The minimum atomic E-state index is -2.40. The predicted octanol–water partition coefficient (Wildman–Crippen LogP) is 4.71. The Bertz CT molecular complexity index is 1350. The molecule has 0 saturated carbocycles. The van der Waals surface area contributed by atoms with E-state index in [9.17, 15) is 14.7 Å². The largest absolute Gasteiger partial charge is 0.496 e. The summed E-state index contributed by atoms with van der Waals surface area (Å²) in [5, 5.41) is 16.6. The van der Waals surface area contributed by atoms with Crippen LogP contribution in [0.3, 0.4) is 0 Å². The normalized spacial score (nSPS) is 23.3. The van der Waals surface area contributed by atoms with Crippen LogP contribution in [0.1, 0.15) is 74.9 Å². The minimum absolute atomic E-state index is 0.189. The van der Waals surface area contributed by atoms with Crippen LogP contribution in [-0.2, 0) is 21.5 Å². The highest BCUT2D eigenvalue weighted by Crippen LogP contribution is 2.54. The van der Waals surface area contributed by atoms with Crippen LogP contribution in [0.2, 0.25) is 0 Å². The Hall–Kier alpha value is -3.31. The van der Waals surface area contributed by atoms with E-state index in [4.69, 9.17) is 9.47 Å². The lowest BCUT2D eigenvalue weighted by Gasteiger charge is -2.40. The molecule has 1 N–H and O–H groups in total. The number of halogens is 1. The average molecular weight is 573 g/mol. The van der Waals surface area contributed by atoms with Crippen molar-refractivity contribution in [3.8, 4) is 5.75 Å². The number of esters is 1. The topological polar surface area (TPSA) is 107 Å². The monoisotopic (exact) mass is 572 g/mol. The van der Waals surface area contributed by atoms with E-state index in [1.165, 1.54) is 29.1 Å². The maximum absolute atomic E-state index is 16.9. The summed E-state index contributed by atoms with van der Waals surface area (Å²) < 4.78 is 29.9. The van der Waals surface area contributed by atoms with Gasteiger partial charge in [0.15, 0.2) is 11.2 Å². The number of thiazole rings is 1. The summed E-state index contributed by atoms with van der Waals surface area (Å²) in [7, 11) is 1.52. The Morgan fingerprint density at radius 1 is 1.20 bits per heavy atom. The first-order valence-electron chi connectivity index (χ1n) is 13.1. The van der Waals surface area contributed by atoms with Crippen LogP contribution in [0.25, 0.3) is 0 Å². The van der Waals surface area contributed by atoms with Crippen LogP contribution < -0.4 is 4.74 Å². The Morgan fingerprint density at radius 2 is 1.93 bits per heavy atom. The molecule has 9 nitrogen and oxygen atoms in total. The fourth-order valence-electron chi connectivity index (χ4n) is 5.29. The Labute approximate surface area is 237 Å². The van der Waals surface area contributed by atoms with E-state index < -0.39 is 47.8 Å². The van der Waals surface area contributed by atoms with Gasteiger partial charge in [-0.2, -0.15) is 5.10 Å². The summed E-state index contributed by atoms with van der Waals surface area (Å²) in [6.45, 7) is 10.1. The highest BCUT2D eigenvalue weighted by atomic mass is 32.1. The molecular formula is C29H37FN4O5S. The van der Waals surface area contributed by atoms with E-state index in [0.29, 0.717) is 5.75 Å². The van der Waals surface area contributed by atoms with Crippen LogP contribution in [0.15, 0.2) is 48.2 Å². The number of carbonyl (C=O) groups is 2.